The molecule has 1 fully saturated rings. The van der Waals surface area contributed by atoms with Crippen molar-refractivity contribution in [1.29, 1.82) is 0 Å². The summed E-state index contributed by atoms with van der Waals surface area (Å²) in [5.74, 6) is 0. The molecule has 0 radical (unpaired) electrons. The summed E-state index contributed by atoms with van der Waals surface area (Å²) in [6.45, 7) is 4.16. The van der Waals surface area contributed by atoms with Crippen molar-refractivity contribution in [3.05, 3.63) is 11.8 Å². The highest BCUT2D eigenvalue weighted by atomic mass is 32.1. The molecule has 0 amide bonds. The Labute approximate surface area is 60.1 Å². The van der Waals surface area contributed by atoms with Crippen LogP contribution in [0.1, 0.15) is 13.8 Å². The number of hydrogen-bond acceptors (Lipinski definition) is 2. The Balaban J connectivity index is 2.60. The maximum Gasteiger partial charge on any atom is 0.0980 e. The molecule has 50 valence electrons. The third-order valence-corrected chi connectivity index (χ3v) is 1.46. The van der Waals surface area contributed by atoms with E-state index in [1.807, 2.05) is 0 Å². The molecule has 0 aromatic rings. The molecule has 0 spiro atoms. The Bertz CT molecular complexity index is 181. The van der Waals surface area contributed by atoms with Crippen LogP contribution >= 0.6 is 12.2 Å². The normalized spacial score (nSPS) is 25.3. The van der Waals surface area contributed by atoms with Gasteiger partial charge in [-0.05, 0) is 19.9 Å². The second-order valence-corrected chi connectivity index (χ2v) is 3.18. The fraction of sp³-hybridized carbons (Fsp3) is 0.500. The van der Waals surface area contributed by atoms with Crippen LogP contribution in [-0.4, -0.2) is 10.5 Å². The molecule has 1 saturated heterocycles. The molecule has 1 aliphatic rings. The predicted molar refractivity (Wildman–Crippen MR) is 42.1 cm³/mol. The molecule has 9 heavy (non-hydrogen) atoms. The van der Waals surface area contributed by atoms with E-state index in [0.717, 1.165) is 5.70 Å². The van der Waals surface area contributed by atoms with E-state index in [1.165, 1.54) is 0 Å². The van der Waals surface area contributed by atoms with Crippen LogP contribution in [0.25, 0.3) is 0 Å². The molecule has 0 unspecified atom stereocenters. The van der Waals surface area contributed by atoms with Gasteiger partial charge in [-0.2, -0.15) is 0 Å². The van der Waals surface area contributed by atoms with Gasteiger partial charge in [0, 0.05) is 5.70 Å². The molecule has 2 nitrogen and oxygen atoms in total. The van der Waals surface area contributed by atoms with Crippen molar-refractivity contribution in [2.45, 2.75) is 19.4 Å². The van der Waals surface area contributed by atoms with Crippen molar-refractivity contribution < 1.29 is 0 Å². The molecular weight excluding hydrogens is 132 g/mol. The van der Waals surface area contributed by atoms with Crippen LogP contribution in [0.15, 0.2) is 11.8 Å². The van der Waals surface area contributed by atoms with Crippen LogP contribution in [0.2, 0.25) is 0 Å². The molecule has 0 atom stereocenters. The lowest BCUT2D eigenvalue weighted by Crippen LogP contribution is -2.03. The average molecular weight is 142 g/mol. The summed E-state index contributed by atoms with van der Waals surface area (Å²) in [6, 6.07) is 0. The molecule has 3 N–H and O–H groups in total. The van der Waals surface area contributed by atoms with Gasteiger partial charge in [-0.25, -0.2) is 0 Å². The molecule has 0 aromatic heterocycles. The quantitative estimate of drug-likeness (QED) is 0.319. The number of thiocarbonyl (C=S) groups is 1. The molecule has 0 aliphatic carbocycles. The van der Waals surface area contributed by atoms with E-state index in [-0.39, 0.29) is 5.54 Å². The van der Waals surface area contributed by atoms with Crippen molar-refractivity contribution >= 4 is 17.2 Å². The van der Waals surface area contributed by atoms with Gasteiger partial charge in [0.2, 0.25) is 0 Å². The largest absolute Gasteiger partial charge is 0.390 e. The molecule has 1 aliphatic heterocycles. The highest BCUT2D eigenvalue weighted by Crippen LogP contribution is 2.28. The first kappa shape index (κ1) is 6.55. The average Bonchev–Trinajstić information content (AvgIpc) is 2.10. The summed E-state index contributed by atoms with van der Waals surface area (Å²) >= 11 is 4.68. The monoisotopic (exact) mass is 142 g/mol. The maximum atomic E-state index is 5.27. The van der Waals surface area contributed by atoms with Crippen LogP contribution in [0.5, 0.6) is 0 Å². The molecule has 0 aromatic carbocycles. The Hall–Kier alpha value is -0.570. The highest BCUT2D eigenvalue weighted by molar-refractivity contribution is 7.80. The molecular formula is C6H10N2S. The van der Waals surface area contributed by atoms with Gasteiger partial charge in [0.05, 0.1) is 10.5 Å². The van der Waals surface area contributed by atoms with Gasteiger partial charge in [0.25, 0.3) is 0 Å². The van der Waals surface area contributed by atoms with Crippen molar-refractivity contribution in [1.82, 2.24) is 5.32 Å². The van der Waals surface area contributed by atoms with Crippen LogP contribution in [-0.2, 0) is 0 Å². The van der Waals surface area contributed by atoms with Gasteiger partial charge in [0.1, 0.15) is 0 Å². The first-order valence-electron chi connectivity index (χ1n) is 2.82. The summed E-state index contributed by atoms with van der Waals surface area (Å²) in [6.07, 6.45) is 1.79. The number of rotatable bonds is 1. The summed E-state index contributed by atoms with van der Waals surface area (Å²) in [5, 5.41) is 3.13. The number of nitrogens with two attached hydrogens (primary N) is 1. The first-order valence-corrected chi connectivity index (χ1v) is 3.23. The first-order chi connectivity index (χ1) is 4.02. The molecule has 0 bridgehead atoms. The maximum absolute atomic E-state index is 5.27. The SMILES string of the molecule is CC1(C)N/C1=C\C(N)=S. The van der Waals surface area contributed by atoms with E-state index in [2.05, 4.69) is 31.4 Å². The van der Waals surface area contributed by atoms with Crippen molar-refractivity contribution in [2.75, 3.05) is 0 Å². The van der Waals surface area contributed by atoms with Crippen LogP contribution in [0.4, 0.5) is 0 Å². The van der Waals surface area contributed by atoms with Gasteiger partial charge in [-0.3, -0.25) is 0 Å². The van der Waals surface area contributed by atoms with Crippen LogP contribution in [0, 0.1) is 0 Å². The Morgan fingerprint density at radius 3 is 2.33 bits per heavy atom. The van der Waals surface area contributed by atoms with E-state index in [1.54, 1.807) is 6.08 Å². The van der Waals surface area contributed by atoms with Crippen molar-refractivity contribution in [3.63, 3.8) is 0 Å². The zero-order chi connectivity index (χ0) is 7.07. The zero-order valence-corrected chi connectivity index (χ0v) is 6.38. The van der Waals surface area contributed by atoms with E-state index >= 15 is 0 Å². The standard InChI is InChI=1S/C6H10N2S/c1-6(2)4(8-6)3-5(7)9/h3,8H,1-2H3,(H2,7,9)/b4-3-. The summed E-state index contributed by atoms with van der Waals surface area (Å²) in [7, 11) is 0. The zero-order valence-electron chi connectivity index (χ0n) is 5.56. The summed E-state index contributed by atoms with van der Waals surface area (Å²) < 4.78 is 0. The number of hydrogen-bond donors (Lipinski definition) is 2. The summed E-state index contributed by atoms with van der Waals surface area (Å²) in [4.78, 5) is 0.447. The smallest absolute Gasteiger partial charge is 0.0980 e. The van der Waals surface area contributed by atoms with E-state index < -0.39 is 0 Å². The Morgan fingerprint density at radius 1 is 1.78 bits per heavy atom. The summed E-state index contributed by atoms with van der Waals surface area (Å²) in [5.41, 5.74) is 6.55. The minimum absolute atomic E-state index is 0.142. The predicted octanol–water partition coefficient (Wildman–Crippen LogP) is 0.538. The lowest BCUT2D eigenvalue weighted by molar-refractivity contribution is 0.795. The van der Waals surface area contributed by atoms with Crippen molar-refractivity contribution in [2.24, 2.45) is 5.73 Å². The van der Waals surface area contributed by atoms with Crippen LogP contribution < -0.4 is 11.1 Å². The van der Waals surface area contributed by atoms with Crippen molar-refractivity contribution in [3.8, 4) is 0 Å². The van der Waals surface area contributed by atoms with Gasteiger partial charge in [-0.1, -0.05) is 12.2 Å². The van der Waals surface area contributed by atoms with Gasteiger partial charge >= 0.3 is 0 Å². The second kappa shape index (κ2) is 1.70. The fourth-order valence-electron chi connectivity index (χ4n) is 0.664. The van der Waals surface area contributed by atoms with E-state index in [4.69, 9.17) is 5.73 Å². The van der Waals surface area contributed by atoms with Gasteiger partial charge < -0.3 is 11.1 Å². The molecule has 1 heterocycles. The molecule has 1 rings (SSSR count). The minimum Gasteiger partial charge on any atom is -0.390 e. The van der Waals surface area contributed by atoms with E-state index in [9.17, 15) is 0 Å². The topological polar surface area (TPSA) is 48.0 Å². The van der Waals surface area contributed by atoms with E-state index in [0.29, 0.717) is 4.99 Å². The third kappa shape index (κ3) is 1.42. The highest BCUT2D eigenvalue weighted by Gasteiger charge is 2.37. The minimum atomic E-state index is 0.142. The van der Waals surface area contributed by atoms with Gasteiger partial charge in [-0.15, -0.1) is 0 Å². The Kier molecular flexibility index (Phi) is 1.24. The molecule has 3 heteroatoms. The second-order valence-electron chi connectivity index (χ2n) is 2.71. The van der Waals surface area contributed by atoms with Gasteiger partial charge in [0.15, 0.2) is 0 Å². The molecule has 0 saturated carbocycles. The fourth-order valence-corrected chi connectivity index (χ4v) is 0.782. The lowest BCUT2D eigenvalue weighted by Gasteiger charge is -1.86. The number of nitrogens with one attached hydrogen (secondary N) is 1. The third-order valence-electron chi connectivity index (χ3n) is 1.34. The lowest BCUT2D eigenvalue weighted by atomic mass is 10.2. The van der Waals surface area contributed by atoms with Crippen LogP contribution in [0.3, 0.4) is 0 Å². The Morgan fingerprint density at radius 2 is 2.22 bits per heavy atom.